The number of hydrogen-bond donors (Lipinski definition) is 0. The zero-order valence-corrected chi connectivity index (χ0v) is 13.0. The fourth-order valence-corrected chi connectivity index (χ4v) is 2.01. The predicted molar refractivity (Wildman–Crippen MR) is 75.4 cm³/mol. The summed E-state index contributed by atoms with van der Waals surface area (Å²) in [6.07, 6.45) is 1.52. The van der Waals surface area contributed by atoms with E-state index in [0.717, 1.165) is 6.92 Å². The Balaban J connectivity index is 3.50. The van der Waals surface area contributed by atoms with E-state index in [0.29, 0.717) is 0 Å². The molecule has 0 aromatic heterocycles. The first-order valence-electron chi connectivity index (χ1n) is 6.52. The molecule has 0 unspecified atom stereocenters. The number of ketones is 1. The molecule has 1 aromatic carbocycles. The second-order valence-corrected chi connectivity index (χ2v) is 4.71. The minimum Gasteiger partial charge on any atom is -0.462 e. The van der Waals surface area contributed by atoms with Crippen molar-refractivity contribution >= 4 is 23.4 Å². The van der Waals surface area contributed by atoms with Crippen LogP contribution in [-0.4, -0.2) is 18.4 Å². The number of hydrogen-bond acceptors (Lipinski definition) is 3. The van der Waals surface area contributed by atoms with Crippen molar-refractivity contribution in [2.75, 3.05) is 6.61 Å². The average Bonchev–Trinajstić information content (AvgIpc) is 2.48. The van der Waals surface area contributed by atoms with Gasteiger partial charge in [0.2, 0.25) is 5.78 Å². The topological polar surface area (TPSA) is 43.4 Å². The quantitative estimate of drug-likeness (QED) is 0.154. The zero-order chi connectivity index (χ0) is 17.0. The Hall–Kier alpha value is -1.82. The van der Waals surface area contributed by atoms with E-state index in [1.807, 2.05) is 0 Å². The van der Waals surface area contributed by atoms with Crippen LogP contribution in [0, 0.1) is 24.4 Å². The molecule has 0 spiro atoms. The molecule has 1 rings (SSSR count). The molecule has 22 heavy (non-hydrogen) atoms. The first-order chi connectivity index (χ1) is 10.3. The van der Waals surface area contributed by atoms with Crippen molar-refractivity contribution in [3.8, 4) is 0 Å². The van der Waals surface area contributed by atoms with Gasteiger partial charge in [0.15, 0.2) is 17.5 Å². The summed E-state index contributed by atoms with van der Waals surface area (Å²) in [5, 5.41) is -1.13. The third-order valence-electron chi connectivity index (χ3n) is 2.88. The zero-order valence-electron chi connectivity index (χ0n) is 12.2. The van der Waals surface area contributed by atoms with E-state index in [9.17, 15) is 22.8 Å². The van der Waals surface area contributed by atoms with Gasteiger partial charge in [-0.15, -0.1) is 0 Å². The van der Waals surface area contributed by atoms with E-state index < -0.39 is 50.9 Å². The summed E-state index contributed by atoms with van der Waals surface area (Å²) < 4.78 is 45.8. The Morgan fingerprint density at radius 3 is 2.23 bits per heavy atom. The molecule has 0 saturated heterocycles. The van der Waals surface area contributed by atoms with Crippen molar-refractivity contribution in [3.63, 3.8) is 0 Å². The highest BCUT2D eigenvalue weighted by Crippen LogP contribution is 2.30. The molecule has 7 heteroatoms. The summed E-state index contributed by atoms with van der Waals surface area (Å²) in [7, 11) is 0. The Labute approximate surface area is 130 Å². The molecule has 0 amide bonds. The lowest BCUT2D eigenvalue weighted by atomic mass is 9.97. The maximum absolute atomic E-state index is 14.1. The Kier molecular flexibility index (Phi) is 6.17. The summed E-state index contributed by atoms with van der Waals surface area (Å²) in [5.41, 5.74) is -1.79. The largest absolute Gasteiger partial charge is 0.462 e. The molecule has 120 valence electrons. The summed E-state index contributed by atoms with van der Waals surface area (Å²) in [6.45, 7) is 4.22. The number of ether oxygens (including phenoxy) is 1. The van der Waals surface area contributed by atoms with Crippen LogP contribution in [-0.2, 0) is 9.53 Å². The molecule has 0 aliphatic heterocycles. The van der Waals surface area contributed by atoms with Crippen molar-refractivity contribution in [2.45, 2.75) is 27.2 Å². The molecule has 0 radical (unpaired) electrons. The van der Waals surface area contributed by atoms with Crippen LogP contribution in [0.4, 0.5) is 13.2 Å². The number of esters is 1. The Bertz CT molecular complexity index is 625. The van der Waals surface area contributed by atoms with Crippen LogP contribution < -0.4 is 0 Å². The maximum atomic E-state index is 14.1. The number of halogens is 4. The van der Waals surface area contributed by atoms with Crippen LogP contribution in [0.25, 0.3) is 0 Å². The van der Waals surface area contributed by atoms with Gasteiger partial charge in [-0.05, 0) is 20.3 Å². The van der Waals surface area contributed by atoms with Gasteiger partial charge in [-0.25, -0.2) is 18.0 Å². The van der Waals surface area contributed by atoms with Gasteiger partial charge >= 0.3 is 5.97 Å². The van der Waals surface area contributed by atoms with Gasteiger partial charge in [0.25, 0.3) is 0 Å². The van der Waals surface area contributed by atoms with E-state index in [4.69, 9.17) is 16.3 Å². The number of allylic oxidation sites excluding steroid dienone is 1. The third-order valence-corrected chi connectivity index (χ3v) is 3.21. The van der Waals surface area contributed by atoms with E-state index in [-0.39, 0.29) is 13.0 Å². The number of benzene rings is 1. The minimum absolute atomic E-state index is 0.00711. The lowest BCUT2D eigenvalue weighted by Crippen LogP contribution is -2.19. The standard InChI is InChI=1S/C15H14ClF3O3/c1-4-6-8(15(21)22-5-2)14(20)9-7(3)11(17)13(19)10(16)12(9)18/h6H,4-5H2,1-3H3. The van der Waals surface area contributed by atoms with Crippen LogP contribution in [0.3, 0.4) is 0 Å². The van der Waals surface area contributed by atoms with Crippen molar-refractivity contribution in [2.24, 2.45) is 0 Å². The lowest BCUT2D eigenvalue weighted by Gasteiger charge is -2.12. The SMILES string of the molecule is CCC=C(C(=O)OCC)C(=O)c1c(C)c(F)c(F)c(Cl)c1F. The van der Waals surface area contributed by atoms with Crippen LogP contribution in [0.15, 0.2) is 11.6 Å². The van der Waals surface area contributed by atoms with E-state index in [2.05, 4.69) is 0 Å². The molecular weight excluding hydrogens is 321 g/mol. The fraction of sp³-hybridized carbons (Fsp3) is 0.333. The molecule has 1 aromatic rings. The third kappa shape index (κ3) is 3.32. The smallest absolute Gasteiger partial charge is 0.341 e. The molecule has 0 heterocycles. The van der Waals surface area contributed by atoms with Crippen molar-refractivity contribution in [1.82, 2.24) is 0 Å². The number of Topliss-reactive ketones (excluding diaryl/α,β-unsaturated/α-hetero) is 1. The molecule has 0 aliphatic rings. The molecule has 0 aliphatic carbocycles. The van der Waals surface area contributed by atoms with Gasteiger partial charge in [-0.2, -0.15) is 0 Å². The molecule has 0 saturated carbocycles. The summed E-state index contributed by atoms with van der Waals surface area (Å²) >= 11 is 5.35. The number of rotatable bonds is 5. The van der Waals surface area contributed by atoms with Crippen LogP contribution >= 0.6 is 11.6 Å². The van der Waals surface area contributed by atoms with E-state index in [1.165, 1.54) is 13.0 Å². The molecule has 3 nitrogen and oxygen atoms in total. The Morgan fingerprint density at radius 2 is 1.73 bits per heavy atom. The Morgan fingerprint density at radius 1 is 1.14 bits per heavy atom. The van der Waals surface area contributed by atoms with Gasteiger partial charge in [-0.1, -0.05) is 24.6 Å². The molecule has 0 N–H and O–H groups in total. The van der Waals surface area contributed by atoms with Gasteiger partial charge in [0.1, 0.15) is 10.6 Å². The second-order valence-electron chi connectivity index (χ2n) is 4.33. The van der Waals surface area contributed by atoms with Gasteiger partial charge < -0.3 is 4.74 Å². The van der Waals surface area contributed by atoms with Crippen LogP contribution in [0.2, 0.25) is 5.02 Å². The number of carbonyl (C=O) groups excluding carboxylic acids is 2. The molecule has 0 atom stereocenters. The van der Waals surface area contributed by atoms with Gasteiger partial charge in [-0.3, -0.25) is 4.79 Å². The number of carbonyl (C=O) groups is 2. The fourth-order valence-electron chi connectivity index (χ4n) is 1.83. The average molecular weight is 335 g/mol. The highest BCUT2D eigenvalue weighted by Gasteiger charge is 2.30. The summed E-state index contributed by atoms with van der Waals surface area (Å²) in [5.74, 6) is -6.49. The molecular formula is C15H14ClF3O3. The highest BCUT2D eigenvalue weighted by atomic mass is 35.5. The summed E-state index contributed by atoms with van der Waals surface area (Å²) in [6, 6.07) is 0. The van der Waals surface area contributed by atoms with Crippen molar-refractivity contribution in [1.29, 1.82) is 0 Å². The second kappa shape index (κ2) is 7.45. The minimum atomic E-state index is -1.58. The van der Waals surface area contributed by atoms with E-state index in [1.54, 1.807) is 6.92 Å². The first kappa shape index (κ1) is 18.2. The normalized spacial score (nSPS) is 11.5. The van der Waals surface area contributed by atoms with Crippen LogP contribution in [0.1, 0.15) is 36.2 Å². The maximum Gasteiger partial charge on any atom is 0.341 e. The van der Waals surface area contributed by atoms with Gasteiger partial charge in [0, 0.05) is 5.56 Å². The molecule has 0 bridgehead atoms. The molecule has 0 fully saturated rings. The van der Waals surface area contributed by atoms with Crippen molar-refractivity contribution in [3.05, 3.63) is 45.3 Å². The first-order valence-corrected chi connectivity index (χ1v) is 6.90. The predicted octanol–water partition coefficient (Wildman–Crippen LogP) is 4.15. The van der Waals surface area contributed by atoms with Gasteiger partial charge in [0.05, 0.1) is 12.2 Å². The van der Waals surface area contributed by atoms with Crippen molar-refractivity contribution < 1.29 is 27.5 Å². The van der Waals surface area contributed by atoms with Crippen LogP contribution in [0.5, 0.6) is 0 Å². The summed E-state index contributed by atoms with van der Waals surface area (Å²) in [4.78, 5) is 24.1. The monoisotopic (exact) mass is 334 g/mol. The van der Waals surface area contributed by atoms with E-state index >= 15 is 0 Å². The lowest BCUT2D eigenvalue weighted by molar-refractivity contribution is -0.138. The highest BCUT2D eigenvalue weighted by molar-refractivity contribution is 6.32.